The molecule has 0 bridgehead atoms. The van der Waals surface area contributed by atoms with Crippen molar-refractivity contribution in [1.29, 1.82) is 0 Å². The van der Waals surface area contributed by atoms with Gasteiger partial charge in [-0.1, -0.05) is 80.2 Å². The van der Waals surface area contributed by atoms with Gasteiger partial charge in [0.25, 0.3) is 0 Å². The van der Waals surface area contributed by atoms with E-state index in [0.29, 0.717) is 132 Å². The van der Waals surface area contributed by atoms with E-state index in [4.69, 9.17) is 71.1 Å². The molecule has 21 nitrogen and oxygen atoms in total. The predicted molar refractivity (Wildman–Crippen MR) is 301 cm³/mol. The number of fused-ring (bicyclic) bond motifs is 2. The fourth-order valence-electron chi connectivity index (χ4n) is 9.28. The summed E-state index contributed by atoms with van der Waals surface area (Å²) in [5.41, 5.74) is 1.84. The minimum Gasteiger partial charge on any atom is -0.428 e. The van der Waals surface area contributed by atoms with E-state index >= 15 is 0 Å². The van der Waals surface area contributed by atoms with E-state index < -0.39 is 47.0 Å². The Morgan fingerprint density at radius 3 is 1.52 bits per heavy atom. The third-order valence-electron chi connectivity index (χ3n) is 13.8. The number of carbonyl (C=O) groups is 5. The van der Waals surface area contributed by atoms with Crippen LogP contribution in [0, 0.1) is 0 Å². The summed E-state index contributed by atoms with van der Waals surface area (Å²) in [4.78, 5) is 57.0. The van der Waals surface area contributed by atoms with Gasteiger partial charge in [0.1, 0.15) is 30.4 Å². The van der Waals surface area contributed by atoms with E-state index in [0.717, 1.165) is 0 Å². The number of hydrogen-bond acceptors (Lipinski definition) is 21. The normalized spacial score (nSPS) is 26.2. The number of aliphatic hydroxyl groups is 1. The smallest absolute Gasteiger partial charge is 0.346 e. The Kier molecular flexibility index (Phi) is 25.4. The third-order valence-corrected chi connectivity index (χ3v) is 13.8. The predicted octanol–water partition coefficient (Wildman–Crippen LogP) is 8.35. The SMILES string of the molecule is C.CC1(C)O[C@H]2C[C@@]3(COC(C)(C)O3)OC[C@H]2O1.COC1(OC)CCOC[C@H]1O.O=C(OC(=O)c1ccccc1)c1ccccc1.O=C(OC1=CCOCC1)c1ccccc1.O=C(O[C@]12CCOC[C@H]1O2)c1ccccc1.O=C1CCOCC1. The average molecular weight is 1170 g/mol. The van der Waals surface area contributed by atoms with Gasteiger partial charge in [-0.2, -0.15) is 0 Å². The van der Waals surface area contributed by atoms with Crippen molar-refractivity contribution in [2.75, 3.05) is 80.3 Å². The highest BCUT2D eigenvalue weighted by Crippen LogP contribution is 2.45. The molecule has 0 amide bonds. The number of aliphatic hydroxyl groups excluding tert-OH is 1. The van der Waals surface area contributed by atoms with Crippen molar-refractivity contribution < 1.29 is 100 Å². The van der Waals surface area contributed by atoms with Gasteiger partial charge in [0.15, 0.2) is 29.3 Å². The number of esters is 4. The number of Topliss-reactive ketones (excluding diaryl/α,β-unsaturated/α-hetero) is 1. The number of hydrogen-bond donors (Lipinski definition) is 1. The first-order valence-electron chi connectivity index (χ1n) is 27.6. The second kappa shape index (κ2) is 31.8. The summed E-state index contributed by atoms with van der Waals surface area (Å²) < 4.78 is 80.1. The van der Waals surface area contributed by atoms with E-state index in [1.807, 2.05) is 64.1 Å². The molecule has 1 N–H and O–H groups in total. The summed E-state index contributed by atoms with van der Waals surface area (Å²) in [6.07, 6.45) is 4.82. The molecule has 8 aliphatic rings. The van der Waals surface area contributed by atoms with Crippen LogP contribution in [-0.2, 0) is 75.8 Å². The molecule has 1 spiro atoms. The first-order valence-corrected chi connectivity index (χ1v) is 27.6. The highest BCUT2D eigenvalue weighted by molar-refractivity contribution is 6.02. The first-order chi connectivity index (χ1) is 39.9. The minimum absolute atomic E-state index is 0. The Balaban J connectivity index is 0.000000164. The lowest BCUT2D eigenvalue weighted by atomic mass is 10.0. The van der Waals surface area contributed by atoms with E-state index in [9.17, 15) is 29.1 Å². The molecule has 8 aliphatic heterocycles. The molecule has 21 heteroatoms. The molecule has 0 saturated carbocycles. The summed E-state index contributed by atoms with van der Waals surface area (Å²) in [5.74, 6) is -4.19. The van der Waals surface area contributed by atoms with Crippen LogP contribution in [0.15, 0.2) is 133 Å². The number of benzene rings is 4. The van der Waals surface area contributed by atoms with Gasteiger partial charge in [0, 0.05) is 52.7 Å². The molecule has 458 valence electrons. The average Bonchev–Trinajstić information content (AvgIpc) is 2.90. The van der Waals surface area contributed by atoms with Gasteiger partial charge in [-0.3, -0.25) is 4.79 Å². The fraction of sp³-hybridized carbons (Fsp3) is 0.508. The first kappa shape index (κ1) is 67.0. The second-order valence-electron chi connectivity index (χ2n) is 20.8. The molecule has 84 heavy (non-hydrogen) atoms. The summed E-state index contributed by atoms with van der Waals surface area (Å²) in [6, 6.07) is 34.7. The molecule has 8 heterocycles. The molecule has 0 aliphatic carbocycles. The Hall–Kier alpha value is -6.15. The van der Waals surface area contributed by atoms with Gasteiger partial charge in [-0.25, -0.2) is 19.2 Å². The van der Waals surface area contributed by atoms with Crippen molar-refractivity contribution in [3.05, 3.63) is 155 Å². The van der Waals surface area contributed by atoms with Gasteiger partial charge < -0.3 is 76.2 Å². The third kappa shape index (κ3) is 20.0. The van der Waals surface area contributed by atoms with Crippen LogP contribution in [0.1, 0.15) is 115 Å². The summed E-state index contributed by atoms with van der Waals surface area (Å²) >= 11 is 0. The molecular formula is C63H80O21. The van der Waals surface area contributed by atoms with Crippen LogP contribution in [0.4, 0.5) is 0 Å². The van der Waals surface area contributed by atoms with E-state index in [2.05, 4.69) is 0 Å². The highest BCUT2D eigenvalue weighted by atomic mass is 16.8. The molecular weight excluding hydrogens is 1090 g/mol. The van der Waals surface area contributed by atoms with Crippen molar-refractivity contribution >= 4 is 29.7 Å². The van der Waals surface area contributed by atoms with Gasteiger partial charge in [-0.15, -0.1) is 0 Å². The van der Waals surface area contributed by atoms with Crippen LogP contribution in [0.5, 0.6) is 0 Å². The lowest BCUT2D eigenvalue weighted by Gasteiger charge is -2.38. The number of ether oxygens (including phenoxy) is 15. The van der Waals surface area contributed by atoms with Gasteiger partial charge in [0.05, 0.1) is 87.8 Å². The fourth-order valence-corrected chi connectivity index (χ4v) is 9.28. The lowest BCUT2D eigenvalue weighted by molar-refractivity contribution is -0.292. The maximum Gasteiger partial charge on any atom is 0.346 e. The molecule has 6 atom stereocenters. The number of methoxy groups -OCH3 is 2. The van der Waals surface area contributed by atoms with Gasteiger partial charge >= 0.3 is 23.9 Å². The van der Waals surface area contributed by atoms with Crippen LogP contribution < -0.4 is 0 Å². The van der Waals surface area contributed by atoms with E-state index in [-0.39, 0.29) is 44.3 Å². The summed E-state index contributed by atoms with van der Waals surface area (Å²) in [6.45, 7) is 13.0. The van der Waals surface area contributed by atoms with Crippen molar-refractivity contribution in [3.63, 3.8) is 0 Å². The van der Waals surface area contributed by atoms with Crippen LogP contribution in [0.2, 0.25) is 0 Å². The maximum absolute atomic E-state index is 11.8. The molecule has 7 saturated heterocycles. The summed E-state index contributed by atoms with van der Waals surface area (Å²) in [7, 11) is 3.05. The standard InChI is InChI=1S/C14H10O3.C12H20O5.C12H12O4.C12H12O3.C7H14O4.C5H8O2.CH4/c15-13(11-7-3-1-4-8-11)17-14(16)12-9-5-2-6-10-12;1-10(2)14-7-12(17-10)5-8-9(6-13-12)16-11(3,4)15-8;13-11(9-4-2-1-3-5-9)16-12-6-7-14-8-10(12)15-12;13-12(10-4-2-1-3-5-10)15-11-6-8-14-9-7-11;1-9-7(10-2)3-4-11-5-6(7)8;6-5-1-3-7-4-2-5;/h1-10H;8-9H,5-7H2,1-4H3;1-5,10H,6-8H2;1-6H,7-9H2;6,8H,3-5H2,1-2H3;1-4H2;1H4/t;8-,9+,12+;10-,12-;;6-;;/m.01.1../s1. The number of ketones is 1. The Labute approximate surface area is 490 Å². The monoisotopic (exact) mass is 1170 g/mol. The highest BCUT2D eigenvalue weighted by Gasteiger charge is 2.62. The van der Waals surface area contributed by atoms with Gasteiger partial charge in [-0.05, 0) is 82.3 Å². The Bertz CT molecular complexity index is 2660. The quantitative estimate of drug-likeness (QED) is 0.0572. The van der Waals surface area contributed by atoms with Gasteiger partial charge in [0.2, 0.25) is 5.79 Å². The molecule has 12 rings (SSSR count). The molecule has 7 fully saturated rings. The van der Waals surface area contributed by atoms with Crippen molar-refractivity contribution in [1.82, 2.24) is 0 Å². The van der Waals surface area contributed by atoms with Crippen molar-refractivity contribution in [3.8, 4) is 0 Å². The lowest BCUT2D eigenvalue weighted by Crippen LogP contribution is -2.52. The topological polar surface area (TPSA) is 247 Å². The van der Waals surface area contributed by atoms with Crippen LogP contribution in [0.25, 0.3) is 0 Å². The van der Waals surface area contributed by atoms with Crippen LogP contribution in [0.3, 0.4) is 0 Å². The van der Waals surface area contributed by atoms with Crippen LogP contribution in [-0.4, -0.2) is 168 Å². The Morgan fingerprint density at radius 2 is 1.06 bits per heavy atom. The molecule has 0 unspecified atom stereocenters. The molecule has 0 aromatic heterocycles. The van der Waals surface area contributed by atoms with Crippen molar-refractivity contribution in [2.45, 2.75) is 127 Å². The number of rotatable bonds is 8. The zero-order valence-electron chi connectivity index (χ0n) is 47.9. The number of carbonyl (C=O) groups excluding carboxylic acids is 5. The molecule has 0 radical (unpaired) electrons. The zero-order valence-corrected chi connectivity index (χ0v) is 47.9. The van der Waals surface area contributed by atoms with Crippen molar-refractivity contribution in [2.24, 2.45) is 0 Å². The van der Waals surface area contributed by atoms with Crippen LogP contribution >= 0.6 is 0 Å². The minimum atomic E-state index is -0.849. The second-order valence-corrected chi connectivity index (χ2v) is 20.8. The molecule has 4 aromatic carbocycles. The Morgan fingerprint density at radius 1 is 0.548 bits per heavy atom. The largest absolute Gasteiger partial charge is 0.428 e. The zero-order chi connectivity index (χ0) is 59.4. The number of epoxide rings is 1. The maximum atomic E-state index is 11.8. The van der Waals surface area contributed by atoms with E-state index in [1.165, 1.54) is 14.2 Å². The molecule has 4 aromatic rings. The summed E-state index contributed by atoms with van der Waals surface area (Å²) in [5, 5.41) is 9.44. The van der Waals surface area contributed by atoms with E-state index in [1.54, 1.807) is 91.0 Å².